The first-order valence-corrected chi connectivity index (χ1v) is 5.14. The van der Waals surface area contributed by atoms with Crippen molar-refractivity contribution in [1.29, 1.82) is 0 Å². The summed E-state index contributed by atoms with van der Waals surface area (Å²) in [4.78, 5) is 11.2. The number of hydrogen-bond acceptors (Lipinski definition) is 2. The molecular weight excluding hydrogens is 164 g/mol. The quantitative estimate of drug-likeness (QED) is 0.602. The number of nitrogens with one attached hydrogen (secondary N) is 2. The minimum atomic E-state index is 0.175. The van der Waals surface area contributed by atoms with Crippen molar-refractivity contribution in [3.63, 3.8) is 0 Å². The molecule has 0 saturated heterocycles. The minimum Gasteiger partial charge on any atom is -0.356 e. The van der Waals surface area contributed by atoms with Crippen LogP contribution in [0.1, 0.15) is 33.1 Å². The minimum absolute atomic E-state index is 0.175. The van der Waals surface area contributed by atoms with Gasteiger partial charge in [0, 0.05) is 19.5 Å². The lowest BCUT2D eigenvalue weighted by atomic mass is 10.1. The van der Waals surface area contributed by atoms with Gasteiger partial charge in [-0.2, -0.15) is 0 Å². The highest BCUT2D eigenvalue weighted by atomic mass is 16.1. The molecule has 1 rings (SSSR count). The molecule has 1 aliphatic rings. The van der Waals surface area contributed by atoms with E-state index in [0.717, 1.165) is 19.6 Å². The van der Waals surface area contributed by atoms with Crippen molar-refractivity contribution in [3.8, 4) is 0 Å². The Morgan fingerprint density at radius 1 is 1.46 bits per heavy atom. The molecular formula is C10H20N2O. The van der Waals surface area contributed by atoms with E-state index in [-0.39, 0.29) is 5.91 Å². The largest absolute Gasteiger partial charge is 0.356 e. The number of carbonyl (C=O) groups excluding carboxylic acids is 1. The molecule has 0 radical (unpaired) electrons. The summed E-state index contributed by atoms with van der Waals surface area (Å²) in [5.74, 6) is 0.175. The van der Waals surface area contributed by atoms with Crippen LogP contribution < -0.4 is 10.6 Å². The van der Waals surface area contributed by atoms with Gasteiger partial charge in [0.2, 0.25) is 5.91 Å². The normalized spacial score (nSPS) is 18.3. The maximum absolute atomic E-state index is 11.2. The van der Waals surface area contributed by atoms with Gasteiger partial charge in [-0.3, -0.25) is 4.79 Å². The second-order valence-corrected chi connectivity index (χ2v) is 4.19. The van der Waals surface area contributed by atoms with Crippen LogP contribution in [-0.4, -0.2) is 25.5 Å². The molecule has 0 spiro atoms. The van der Waals surface area contributed by atoms with Crippen LogP contribution in [0.2, 0.25) is 0 Å². The highest BCUT2D eigenvalue weighted by molar-refractivity contribution is 5.76. The third-order valence-electron chi connectivity index (χ3n) is 2.59. The van der Waals surface area contributed by atoms with Crippen molar-refractivity contribution in [3.05, 3.63) is 0 Å². The zero-order valence-electron chi connectivity index (χ0n) is 8.65. The first-order valence-electron chi connectivity index (χ1n) is 5.14. The summed E-state index contributed by atoms with van der Waals surface area (Å²) in [5, 5.41) is 6.10. The molecule has 1 amide bonds. The molecule has 3 nitrogen and oxygen atoms in total. The molecule has 3 heteroatoms. The molecule has 0 bridgehead atoms. The topological polar surface area (TPSA) is 41.1 Å². The van der Waals surface area contributed by atoms with Crippen LogP contribution in [-0.2, 0) is 4.79 Å². The van der Waals surface area contributed by atoms with Crippen LogP contribution in [0.15, 0.2) is 0 Å². The van der Waals surface area contributed by atoms with Crippen LogP contribution in [0.4, 0.5) is 0 Å². The van der Waals surface area contributed by atoms with Crippen molar-refractivity contribution >= 4 is 5.91 Å². The van der Waals surface area contributed by atoms with Gasteiger partial charge in [0.25, 0.3) is 0 Å². The highest BCUT2D eigenvalue weighted by Crippen LogP contribution is 2.43. The second kappa shape index (κ2) is 4.61. The van der Waals surface area contributed by atoms with Gasteiger partial charge in [-0.1, -0.05) is 13.8 Å². The van der Waals surface area contributed by atoms with Crippen LogP contribution in [0.5, 0.6) is 0 Å². The van der Waals surface area contributed by atoms with Crippen molar-refractivity contribution in [2.45, 2.75) is 33.1 Å². The van der Waals surface area contributed by atoms with E-state index >= 15 is 0 Å². The number of amides is 1. The van der Waals surface area contributed by atoms with Crippen molar-refractivity contribution in [1.82, 2.24) is 10.6 Å². The molecule has 0 aromatic rings. The summed E-state index contributed by atoms with van der Waals surface area (Å²) >= 11 is 0. The molecule has 0 atom stereocenters. The van der Waals surface area contributed by atoms with Crippen LogP contribution in [0.25, 0.3) is 0 Å². The second-order valence-electron chi connectivity index (χ2n) is 4.19. The average molecular weight is 184 g/mol. The monoisotopic (exact) mass is 184 g/mol. The van der Waals surface area contributed by atoms with Gasteiger partial charge in [0.05, 0.1) is 0 Å². The van der Waals surface area contributed by atoms with Gasteiger partial charge in [0.1, 0.15) is 0 Å². The first kappa shape index (κ1) is 10.5. The van der Waals surface area contributed by atoms with Gasteiger partial charge >= 0.3 is 0 Å². The predicted molar refractivity (Wildman–Crippen MR) is 53.5 cm³/mol. The van der Waals surface area contributed by atoms with Crippen LogP contribution >= 0.6 is 0 Å². The Hall–Kier alpha value is -0.570. The zero-order chi connectivity index (χ0) is 9.73. The van der Waals surface area contributed by atoms with Gasteiger partial charge in [-0.25, -0.2) is 0 Å². The Labute approximate surface area is 80.3 Å². The van der Waals surface area contributed by atoms with E-state index in [9.17, 15) is 4.79 Å². The lowest BCUT2D eigenvalue weighted by Gasteiger charge is -2.09. The molecule has 2 N–H and O–H groups in total. The summed E-state index contributed by atoms with van der Waals surface area (Å²) in [6.45, 7) is 6.85. The van der Waals surface area contributed by atoms with Crippen molar-refractivity contribution < 1.29 is 4.79 Å². The summed E-state index contributed by atoms with van der Waals surface area (Å²) < 4.78 is 0. The Morgan fingerprint density at radius 3 is 2.69 bits per heavy atom. The highest BCUT2D eigenvalue weighted by Gasteiger charge is 2.37. The maximum Gasteiger partial charge on any atom is 0.221 e. The maximum atomic E-state index is 11.2. The standard InChI is InChI=1S/C10H20N2O/c1-3-11-7-4-9(13)12-8-10(2)5-6-10/h11H,3-8H2,1-2H3,(H,12,13). The fourth-order valence-electron chi connectivity index (χ4n) is 1.17. The van der Waals surface area contributed by atoms with E-state index in [0.29, 0.717) is 11.8 Å². The Kier molecular flexibility index (Phi) is 3.72. The van der Waals surface area contributed by atoms with E-state index in [2.05, 4.69) is 17.6 Å². The number of rotatable bonds is 6. The lowest BCUT2D eigenvalue weighted by molar-refractivity contribution is -0.121. The molecule has 0 aliphatic heterocycles. The van der Waals surface area contributed by atoms with E-state index in [4.69, 9.17) is 0 Å². The molecule has 0 unspecified atom stereocenters. The third kappa shape index (κ3) is 4.27. The zero-order valence-corrected chi connectivity index (χ0v) is 8.65. The van der Waals surface area contributed by atoms with Gasteiger partial charge in [-0.15, -0.1) is 0 Å². The smallest absolute Gasteiger partial charge is 0.221 e. The molecule has 1 saturated carbocycles. The summed E-state index contributed by atoms with van der Waals surface area (Å²) in [6, 6.07) is 0. The first-order chi connectivity index (χ1) is 6.16. The lowest BCUT2D eigenvalue weighted by Crippen LogP contribution is -2.31. The Morgan fingerprint density at radius 2 is 2.15 bits per heavy atom. The number of carbonyl (C=O) groups is 1. The third-order valence-corrected chi connectivity index (χ3v) is 2.59. The van der Waals surface area contributed by atoms with Crippen LogP contribution in [0, 0.1) is 5.41 Å². The summed E-state index contributed by atoms with van der Waals surface area (Å²) in [7, 11) is 0. The molecule has 76 valence electrons. The molecule has 1 aliphatic carbocycles. The van der Waals surface area contributed by atoms with E-state index < -0.39 is 0 Å². The Bertz CT molecular complexity index is 176. The van der Waals surface area contributed by atoms with E-state index in [1.165, 1.54) is 12.8 Å². The summed E-state index contributed by atoms with van der Waals surface area (Å²) in [5.41, 5.74) is 0.424. The van der Waals surface area contributed by atoms with Crippen molar-refractivity contribution in [2.24, 2.45) is 5.41 Å². The number of hydrogen-bond donors (Lipinski definition) is 2. The average Bonchev–Trinajstić information content (AvgIpc) is 2.82. The molecule has 0 aromatic carbocycles. The molecule has 13 heavy (non-hydrogen) atoms. The molecule has 0 aromatic heterocycles. The van der Waals surface area contributed by atoms with Crippen LogP contribution in [0.3, 0.4) is 0 Å². The van der Waals surface area contributed by atoms with Gasteiger partial charge in [0.15, 0.2) is 0 Å². The fourth-order valence-corrected chi connectivity index (χ4v) is 1.17. The fraction of sp³-hybridized carbons (Fsp3) is 0.900. The molecule has 0 heterocycles. The SMILES string of the molecule is CCNCCC(=O)NCC1(C)CC1. The van der Waals surface area contributed by atoms with E-state index in [1.54, 1.807) is 0 Å². The Balaban J connectivity index is 1.97. The summed E-state index contributed by atoms with van der Waals surface area (Å²) in [6.07, 6.45) is 3.13. The van der Waals surface area contributed by atoms with Crippen molar-refractivity contribution in [2.75, 3.05) is 19.6 Å². The predicted octanol–water partition coefficient (Wildman–Crippen LogP) is 0.902. The molecule has 1 fully saturated rings. The van der Waals surface area contributed by atoms with E-state index in [1.807, 2.05) is 6.92 Å². The van der Waals surface area contributed by atoms with Gasteiger partial charge < -0.3 is 10.6 Å². The van der Waals surface area contributed by atoms with Gasteiger partial charge in [-0.05, 0) is 24.8 Å².